The van der Waals surface area contributed by atoms with Crippen LogP contribution in [0.1, 0.15) is 29.8 Å². The topological polar surface area (TPSA) is 63.7 Å². The van der Waals surface area contributed by atoms with Gasteiger partial charge in [-0.2, -0.15) is 0 Å². The Morgan fingerprint density at radius 3 is 2.75 bits per heavy atom. The predicted octanol–water partition coefficient (Wildman–Crippen LogP) is 3.34. The molecule has 1 aliphatic heterocycles. The molecular formula is C20H27Cl2N3O3. The van der Waals surface area contributed by atoms with E-state index in [1.165, 1.54) is 0 Å². The van der Waals surface area contributed by atoms with Crippen LogP contribution in [-0.4, -0.2) is 48.1 Å². The van der Waals surface area contributed by atoms with Gasteiger partial charge < -0.3 is 19.7 Å². The first kappa shape index (κ1) is 24.0. The highest BCUT2D eigenvalue weighted by atomic mass is 35.5. The number of rotatable bonds is 6. The maximum absolute atomic E-state index is 12.9. The Bertz CT molecular complexity index is 747. The Kier molecular flexibility index (Phi) is 10.1. The zero-order chi connectivity index (χ0) is 18.4. The molecule has 0 bridgehead atoms. The van der Waals surface area contributed by atoms with Crippen molar-refractivity contribution in [2.75, 3.05) is 26.2 Å². The first-order valence-corrected chi connectivity index (χ1v) is 8.99. The third-order valence-electron chi connectivity index (χ3n) is 4.37. The molecule has 1 aromatic heterocycles. The smallest absolute Gasteiger partial charge is 0.254 e. The van der Waals surface area contributed by atoms with Crippen LogP contribution in [0.2, 0.25) is 0 Å². The molecule has 1 saturated heterocycles. The normalized spacial score (nSPS) is 15.8. The zero-order valence-electron chi connectivity index (χ0n) is 16.1. The van der Waals surface area contributed by atoms with Gasteiger partial charge in [-0.05, 0) is 38.1 Å². The van der Waals surface area contributed by atoms with Gasteiger partial charge in [0.05, 0.1) is 6.61 Å². The highest BCUT2D eigenvalue weighted by molar-refractivity contribution is 5.95. The van der Waals surface area contributed by atoms with E-state index in [1.807, 2.05) is 30.0 Å². The van der Waals surface area contributed by atoms with E-state index in [0.717, 1.165) is 18.7 Å². The molecule has 1 fully saturated rings. The molecule has 0 radical (unpaired) electrons. The molecule has 3 rings (SSSR count). The van der Waals surface area contributed by atoms with Gasteiger partial charge in [0.1, 0.15) is 6.61 Å². The van der Waals surface area contributed by atoms with Crippen molar-refractivity contribution in [3.8, 4) is 11.5 Å². The van der Waals surface area contributed by atoms with Crippen LogP contribution in [0.5, 0.6) is 11.5 Å². The van der Waals surface area contributed by atoms with Gasteiger partial charge >= 0.3 is 0 Å². The van der Waals surface area contributed by atoms with Gasteiger partial charge in [0, 0.05) is 49.2 Å². The Labute approximate surface area is 178 Å². The summed E-state index contributed by atoms with van der Waals surface area (Å²) in [5, 5.41) is 3.30. The predicted molar refractivity (Wildman–Crippen MR) is 114 cm³/mol. The summed E-state index contributed by atoms with van der Waals surface area (Å²) in [6.45, 7) is 7.22. The summed E-state index contributed by atoms with van der Waals surface area (Å²) in [6, 6.07) is 9.39. The molecule has 0 saturated carbocycles. The number of pyridine rings is 1. The molecule has 0 unspecified atom stereocenters. The van der Waals surface area contributed by atoms with E-state index in [9.17, 15) is 4.79 Å². The summed E-state index contributed by atoms with van der Waals surface area (Å²) in [6.07, 6.45) is 3.50. The Hall–Kier alpha value is -2.02. The number of aromatic nitrogens is 1. The van der Waals surface area contributed by atoms with E-state index in [0.29, 0.717) is 36.8 Å². The molecule has 1 aromatic carbocycles. The summed E-state index contributed by atoms with van der Waals surface area (Å²) in [5.41, 5.74) is 1.60. The van der Waals surface area contributed by atoms with Crippen LogP contribution in [-0.2, 0) is 6.61 Å². The number of carbonyl (C=O) groups excluding carboxylic acids is 1. The molecule has 1 aliphatic rings. The minimum atomic E-state index is 0. The van der Waals surface area contributed by atoms with Gasteiger partial charge in [-0.1, -0.05) is 6.07 Å². The average molecular weight is 428 g/mol. The fourth-order valence-electron chi connectivity index (χ4n) is 2.98. The van der Waals surface area contributed by atoms with Crippen molar-refractivity contribution < 1.29 is 14.3 Å². The molecule has 2 heterocycles. The molecule has 1 atom stereocenters. The van der Waals surface area contributed by atoms with E-state index in [-0.39, 0.29) is 36.8 Å². The molecule has 0 spiro atoms. The van der Waals surface area contributed by atoms with Crippen LogP contribution < -0.4 is 14.8 Å². The first-order valence-electron chi connectivity index (χ1n) is 8.99. The Morgan fingerprint density at radius 1 is 1.25 bits per heavy atom. The second-order valence-corrected chi connectivity index (χ2v) is 6.30. The summed E-state index contributed by atoms with van der Waals surface area (Å²) in [5.74, 6) is 1.24. The van der Waals surface area contributed by atoms with Crippen LogP contribution >= 0.6 is 24.8 Å². The number of piperazine rings is 1. The lowest BCUT2D eigenvalue weighted by Crippen LogP contribution is -2.52. The maximum Gasteiger partial charge on any atom is 0.254 e. The molecule has 1 amide bonds. The number of hydrogen-bond acceptors (Lipinski definition) is 5. The van der Waals surface area contributed by atoms with Gasteiger partial charge in [-0.15, -0.1) is 24.8 Å². The Morgan fingerprint density at radius 2 is 2.07 bits per heavy atom. The number of nitrogens with zero attached hydrogens (tertiary/aromatic N) is 2. The number of nitrogens with one attached hydrogen (secondary N) is 1. The van der Waals surface area contributed by atoms with E-state index in [4.69, 9.17) is 9.47 Å². The van der Waals surface area contributed by atoms with Crippen molar-refractivity contribution in [1.29, 1.82) is 0 Å². The molecule has 0 aliphatic carbocycles. The molecular weight excluding hydrogens is 401 g/mol. The van der Waals surface area contributed by atoms with Crippen molar-refractivity contribution in [2.45, 2.75) is 26.5 Å². The minimum absolute atomic E-state index is 0. The van der Waals surface area contributed by atoms with Crippen molar-refractivity contribution in [1.82, 2.24) is 15.2 Å². The molecule has 2 aromatic rings. The van der Waals surface area contributed by atoms with Crippen molar-refractivity contribution in [3.05, 3.63) is 53.9 Å². The first-order chi connectivity index (χ1) is 12.7. The van der Waals surface area contributed by atoms with E-state index < -0.39 is 0 Å². The maximum atomic E-state index is 12.9. The minimum Gasteiger partial charge on any atom is -0.490 e. The number of amides is 1. The number of carbonyl (C=O) groups is 1. The van der Waals surface area contributed by atoms with Gasteiger partial charge in [0.2, 0.25) is 0 Å². The quantitative estimate of drug-likeness (QED) is 0.765. The largest absolute Gasteiger partial charge is 0.490 e. The number of halogens is 2. The molecule has 154 valence electrons. The van der Waals surface area contributed by atoms with Gasteiger partial charge in [0.25, 0.3) is 5.91 Å². The van der Waals surface area contributed by atoms with Crippen LogP contribution in [0.15, 0.2) is 42.7 Å². The van der Waals surface area contributed by atoms with Gasteiger partial charge in [-0.25, -0.2) is 0 Å². The van der Waals surface area contributed by atoms with E-state index in [2.05, 4.69) is 17.2 Å². The zero-order valence-corrected chi connectivity index (χ0v) is 17.7. The lowest BCUT2D eigenvalue weighted by Gasteiger charge is -2.34. The summed E-state index contributed by atoms with van der Waals surface area (Å²) < 4.78 is 11.6. The fraction of sp³-hybridized carbons (Fsp3) is 0.400. The van der Waals surface area contributed by atoms with E-state index >= 15 is 0 Å². The number of hydrogen-bond donors (Lipinski definition) is 1. The lowest BCUT2D eigenvalue weighted by atomic mass is 10.1. The molecule has 8 heteroatoms. The average Bonchev–Trinajstić information content (AvgIpc) is 2.68. The standard InChI is InChI=1S/C20H25N3O3.2ClH/c1-3-25-19-11-17(20(24)23-10-9-22-12-15(23)2)6-7-18(19)26-14-16-5-4-8-21-13-16;;/h4-8,11,13,15,22H,3,9-10,12,14H2,1-2H3;2*1H/t15-;;/m0../s1. The monoisotopic (exact) mass is 427 g/mol. The van der Waals surface area contributed by atoms with Crippen LogP contribution in [0.25, 0.3) is 0 Å². The summed E-state index contributed by atoms with van der Waals surface area (Å²) >= 11 is 0. The van der Waals surface area contributed by atoms with Crippen molar-refractivity contribution in [3.63, 3.8) is 0 Å². The third kappa shape index (κ3) is 5.99. The number of ether oxygens (including phenoxy) is 2. The van der Waals surface area contributed by atoms with Crippen molar-refractivity contribution in [2.24, 2.45) is 0 Å². The van der Waals surface area contributed by atoms with Crippen molar-refractivity contribution >= 4 is 30.7 Å². The SMILES string of the molecule is CCOc1cc(C(=O)N2CCNC[C@@H]2C)ccc1OCc1cccnc1.Cl.Cl. The molecule has 1 N–H and O–H groups in total. The highest BCUT2D eigenvalue weighted by Gasteiger charge is 2.24. The number of benzene rings is 1. The fourth-order valence-corrected chi connectivity index (χ4v) is 2.98. The highest BCUT2D eigenvalue weighted by Crippen LogP contribution is 2.30. The van der Waals surface area contributed by atoms with Gasteiger partial charge in [0.15, 0.2) is 11.5 Å². The summed E-state index contributed by atoms with van der Waals surface area (Å²) in [7, 11) is 0. The van der Waals surface area contributed by atoms with Crippen LogP contribution in [0, 0.1) is 0 Å². The molecule has 6 nitrogen and oxygen atoms in total. The second-order valence-electron chi connectivity index (χ2n) is 6.30. The lowest BCUT2D eigenvalue weighted by molar-refractivity contribution is 0.0655. The van der Waals surface area contributed by atoms with E-state index in [1.54, 1.807) is 24.5 Å². The third-order valence-corrected chi connectivity index (χ3v) is 4.37. The Balaban J connectivity index is 0.00000196. The molecule has 28 heavy (non-hydrogen) atoms. The second kappa shape index (κ2) is 11.7. The van der Waals surface area contributed by atoms with Crippen LogP contribution in [0.4, 0.5) is 0 Å². The summed E-state index contributed by atoms with van der Waals surface area (Å²) in [4.78, 5) is 18.8. The van der Waals surface area contributed by atoms with Gasteiger partial charge in [-0.3, -0.25) is 9.78 Å². The van der Waals surface area contributed by atoms with Crippen LogP contribution in [0.3, 0.4) is 0 Å².